The Morgan fingerprint density at radius 2 is 1.60 bits per heavy atom. The summed E-state index contributed by atoms with van der Waals surface area (Å²) in [4.78, 5) is 25.8. The number of piperazine rings is 1. The normalized spacial score (nSPS) is 23.1. The third kappa shape index (κ3) is 4.80. The molecule has 1 heterocycles. The molecule has 1 aliphatic rings. The SMILES string of the molecule is CCCCCCCCCN1C(=O)C(C)NC(=O)C1CC. The Kier molecular flexibility index (Phi) is 7.63. The number of amides is 2. The summed E-state index contributed by atoms with van der Waals surface area (Å²) in [6.07, 6.45) is 9.29. The van der Waals surface area contributed by atoms with Gasteiger partial charge in [-0.1, -0.05) is 52.4 Å². The van der Waals surface area contributed by atoms with Crippen molar-refractivity contribution in [2.75, 3.05) is 6.54 Å². The van der Waals surface area contributed by atoms with Crippen molar-refractivity contribution in [2.45, 2.75) is 84.2 Å². The van der Waals surface area contributed by atoms with E-state index < -0.39 is 0 Å². The first-order valence-corrected chi connectivity index (χ1v) is 8.22. The maximum absolute atomic E-state index is 12.2. The van der Waals surface area contributed by atoms with Gasteiger partial charge in [-0.15, -0.1) is 0 Å². The second-order valence-corrected chi connectivity index (χ2v) is 5.81. The van der Waals surface area contributed by atoms with Crippen molar-refractivity contribution < 1.29 is 9.59 Å². The van der Waals surface area contributed by atoms with Crippen LogP contribution in [0.25, 0.3) is 0 Å². The Bertz CT molecular complexity index is 318. The number of hydrogen-bond acceptors (Lipinski definition) is 2. The van der Waals surface area contributed by atoms with Crippen molar-refractivity contribution in [3.63, 3.8) is 0 Å². The van der Waals surface area contributed by atoms with E-state index in [4.69, 9.17) is 0 Å². The average molecular weight is 282 g/mol. The van der Waals surface area contributed by atoms with Gasteiger partial charge in [-0.05, 0) is 19.8 Å². The molecule has 0 aromatic rings. The number of carbonyl (C=O) groups excluding carboxylic acids is 2. The summed E-state index contributed by atoms with van der Waals surface area (Å²) in [6, 6.07) is -0.631. The first-order chi connectivity index (χ1) is 9.61. The topological polar surface area (TPSA) is 49.4 Å². The largest absolute Gasteiger partial charge is 0.343 e. The van der Waals surface area contributed by atoms with Gasteiger partial charge in [0.05, 0.1) is 0 Å². The van der Waals surface area contributed by atoms with Gasteiger partial charge in [0, 0.05) is 6.54 Å². The van der Waals surface area contributed by atoms with Crippen LogP contribution in [0.3, 0.4) is 0 Å². The molecule has 4 heteroatoms. The second-order valence-electron chi connectivity index (χ2n) is 5.81. The molecular formula is C16H30N2O2. The van der Waals surface area contributed by atoms with Gasteiger partial charge in [0.25, 0.3) is 0 Å². The van der Waals surface area contributed by atoms with Gasteiger partial charge in [0.15, 0.2) is 0 Å². The lowest BCUT2D eigenvalue weighted by Gasteiger charge is -2.37. The molecule has 0 bridgehead atoms. The molecule has 2 amide bonds. The fourth-order valence-corrected chi connectivity index (χ4v) is 2.83. The van der Waals surface area contributed by atoms with E-state index in [2.05, 4.69) is 12.2 Å². The number of unbranched alkanes of at least 4 members (excludes halogenated alkanes) is 6. The van der Waals surface area contributed by atoms with Crippen molar-refractivity contribution in [1.82, 2.24) is 10.2 Å². The molecule has 2 unspecified atom stereocenters. The Balaban J connectivity index is 2.31. The number of nitrogens with zero attached hydrogens (tertiary/aromatic N) is 1. The monoisotopic (exact) mass is 282 g/mol. The predicted octanol–water partition coefficient (Wildman–Crippen LogP) is 2.86. The molecule has 0 radical (unpaired) electrons. The van der Waals surface area contributed by atoms with Gasteiger partial charge in [-0.2, -0.15) is 0 Å². The zero-order valence-corrected chi connectivity index (χ0v) is 13.3. The minimum atomic E-state index is -0.366. The van der Waals surface area contributed by atoms with Gasteiger partial charge in [-0.25, -0.2) is 0 Å². The van der Waals surface area contributed by atoms with Crippen LogP contribution in [-0.2, 0) is 9.59 Å². The zero-order valence-electron chi connectivity index (χ0n) is 13.3. The lowest BCUT2D eigenvalue weighted by molar-refractivity contribution is -0.149. The molecule has 1 saturated heterocycles. The van der Waals surface area contributed by atoms with E-state index in [1.165, 1.54) is 32.1 Å². The Hall–Kier alpha value is -1.06. The van der Waals surface area contributed by atoms with Crippen LogP contribution in [0.1, 0.15) is 72.1 Å². The van der Waals surface area contributed by atoms with Gasteiger partial charge in [-0.3, -0.25) is 9.59 Å². The van der Waals surface area contributed by atoms with Crippen LogP contribution in [0.2, 0.25) is 0 Å². The van der Waals surface area contributed by atoms with Crippen molar-refractivity contribution in [2.24, 2.45) is 0 Å². The Morgan fingerprint density at radius 3 is 2.20 bits per heavy atom. The molecule has 1 rings (SSSR count). The number of hydrogen-bond donors (Lipinski definition) is 1. The molecule has 0 aromatic carbocycles. The summed E-state index contributed by atoms with van der Waals surface area (Å²) in [7, 11) is 0. The smallest absolute Gasteiger partial charge is 0.245 e. The molecule has 1 aliphatic heterocycles. The molecular weight excluding hydrogens is 252 g/mol. The first-order valence-electron chi connectivity index (χ1n) is 8.22. The Morgan fingerprint density at radius 1 is 1.00 bits per heavy atom. The van der Waals surface area contributed by atoms with Crippen LogP contribution in [0.5, 0.6) is 0 Å². The van der Waals surface area contributed by atoms with Gasteiger partial charge in [0.1, 0.15) is 12.1 Å². The van der Waals surface area contributed by atoms with Crippen molar-refractivity contribution in [3.05, 3.63) is 0 Å². The van der Waals surface area contributed by atoms with E-state index >= 15 is 0 Å². The number of carbonyl (C=O) groups is 2. The standard InChI is InChI=1S/C16H30N2O2/c1-4-6-7-8-9-10-11-12-18-14(5-2)15(19)17-13(3)16(18)20/h13-14H,4-12H2,1-3H3,(H,17,19). The third-order valence-corrected chi connectivity index (χ3v) is 4.08. The quantitative estimate of drug-likeness (QED) is 0.661. The summed E-state index contributed by atoms with van der Waals surface area (Å²) >= 11 is 0. The molecule has 0 aliphatic carbocycles. The maximum Gasteiger partial charge on any atom is 0.245 e. The molecule has 116 valence electrons. The van der Waals surface area contributed by atoms with E-state index in [0.29, 0.717) is 6.42 Å². The van der Waals surface area contributed by atoms with Crippen LogP contribution in [-0.4, -0.2) is 35.3 Å². The van der Waals surface area contributed by atoms with Crippen molar-refractivity contribution in [1.29, 1.82) is 0 Å². The highest BCUT2D eigenvalue weighted by Gasteiger charge is 2.36. The predicted molar refractivity (Wildman–Crippen MR) is 81.4 cm³/mol. The maximum atomic E-state index is 12.2. The fourth-order valence-electron chi connectivity index (χ4n) is 2.83. The summed E-state index contributed by atoms with van der Waals surface area (Å²) < 4.78 is 0. The van der Waals surface area contributed by atoms with Crippen LogP contribution < -0.4 is 5.32 Å². The lowest BCUT2D eigenvalue weighted by atomic mass is 10.0. The summed E-state index contributed by atoms with van der Waals surface area (Å²) in [5.41, 5.74) is 0. The third-order valence-electron chi connectivity index (χ3n) is 4.08. The molecule has 20 heavy (non-hydrogen) atoms. The number of rotatable bonds is 9. The first kappa shape index (κ1) is 17.0. The van der Waals surface area contributed by atoms with Gasteiger partial charge in [0.2, 0.25) is 11.8 Å². The minimum Gasteiger partial charge on any atom is -0.343 e. The molecule has 1 fully saturated rings. The van der Waals surface area contributed by atoms with Gasteiger partial charge < -0.3 is 10.2 Å². The van der Waals surface area contributed by atoms with Gasteiger partial charge >= 0.3 is 0 Å². The van der Waals surface area contributed by atoms with E-state index in [9.17, 15) is 9.59 Å². The van der Waals surface area contributed by atoms with Crippen LogP contribution in [0.15, 0.2) is 0 Å². The van der Waals surface area contributed by atoms with E-state index in [0.717, 1.165) is 19.4 Å². The highest BCUT2D eigenvalue weighted by atomic mass is 16.2. The average Bonchev–Trinajstić information content (AvgIpc) is 2.43. The molecule has 1 N–H and O–H groups in total. The molecule has 2 atom stereocenters. The summed E-state index contributed by atoms with van der Waals surface area (Å²) in [5, 5.41) is 2.75. The molecule has 0 aromatic heterocycles. The van der Waals surface area contributed by atoms with Crippen LogP contribution in [0, 0.1) is 0 Å². The summed E-state index contributed by atoms with van der Waals surface area (Å²) in [6.45, 7) is 6.68. The lowest BCUT2D eigenvalue weighted by Crippen LogP contribution is -2.62. The van der Waals surface area contributed by atoms with Crippen molar-refractivity contribution in [3.8, 4) is 0 Å². The van der Waals surface area contributed by atoms with Crippen molar-refractivity contribution >= 4 is 11.8 Å². The van der Waals surface area contributed by atoms with E-state index in [-0.39, 0.29) is 23.9 Å². The van der Waals surface area contributed by atoms with E-state index in [1.807, 2.05) is 6.92 Å². The molecule has 0 saturated carbocycles. The zero-order chi connectivity index (χ0) is 15.0. The number of nitrogens with one attached hydrogen (secondary N) is 1. The fraction of sp³-hybridized carbons (Fsp3) is 0.875. The second kappa shape index (κ2) is 8.98. The Labute approximate surface area is 123 Å². The van der Waals surface area contributed by atoms with E-state index in [1.54, 1.807) is 11.8 Å². The molecule has 4 nitrogen and oxygen atoms in total. The highest BCUT2D eigenvalue weighted by Crippen LogP contribution is 2.15. The minimum absolute atomic E-state index is 0.00236. The van der Waals surface area contributed by atoms with Crippen LogP contribution >= 0.6 is 0 Å². The summed E-state index contributed by atoms with van der Waals surface area (Å²) in [5.74, 6) is 0.0741. The highest BCUT2D eigenvalue weighted by molar-refractivity contribution is 5.96. The molecule has 0 spiro atoms. The van der Waals surface area contributed by atoms with Crippen LogP contribution in [0.4, 0.5) is 0 Å².